The van der Waals surface area contributed by atoms with Crippen LogP contribution in [0.3, 0.4) is 0 Å². The molecule has 0 spiro atoms. The zero-order valence-electron chi connectivity index (χ0n) is 11.3. The van der Waals surface area contributed by atoms with Crippen molar-refractivity contribution in [1.29, 1.82) is 0 Å². The van der Waals surface area contributed by atoms with Gasteiger partial charge < -0.3 is 19.7 Å². The maximum Gasteiger partial charge on any atom is 0.120 e. The Bertz CT molecular complexity index is 383. The molecule has 0 aromatic heterocycles. The zero-order chi connectivity index (χ0) is 13.5. The number of rotatable bonds is 6. The topological polar surface area (TPSA) is 33.7 Å². The minimum atomic E-state index is 0.282. The molecule has 1 saturated heterocycles. The molecule has 1 heterocycles. The molecule has 0 radical (unpaired) electrons. The lowest BCUT2D eigenvalue weighted by Gasteiger charge is -2.27. The summed E-state index contributed by atoms with van der Waals surface area (Å²) in [5, 5.41) is 4.03. The Morgan fingerprint density at radius 2 is 2.42 bits per heavy atom. The first-order valence-corrected chi connectivity index (χ1v) is 7.01. The van der Waals surface area contributed by atoms with Gasteiger partial charge in [0.15, 0.2) is 0 Å². The summed E-state index contributed by atoms with van der Waals surface area (Å²) in [5.41, 5.74) is 0. The Morgan fingerprint density at radius 3 is 3.16 bits per heavy atom. The van der Waals surface area contributed by atoms with E-state index in [1.54, 1.807) is 0 Å². The monoisotopic (exact) mass is 284 g/mol. The third-order valence-corrected chi connectivity index (χ3v) is 3.29. The van der Waals surface area contributed by atoms with E-state index < -0.39 is 0 Å². The number of hydrogen-bond acceptors (Lipinski definition) is 4. The Hall–Kier alpha value is -0.810. The zero-order valence-corrected chi connectivity index (χ0v) is 12.0. The molecular weight excluding hydrogens is 264 g/mol. The van der Waals surface area contributed by atoms with Crippen molar-refractivity contribution in [1.82, 2.24) is 10.2 Å². The molecule has 1 fully saturated rings. The van der Waals surface area contributed by atoms with Crippen LogP contribution in [0, 0.1) is 0 Å². The van der Waals surface area contributed by atoms with E-state index >= 15 is 0 Å². The highest BCUT2D eigenvalue weighted by atomic mass is 35.5. The average molecular weight is 285 g/mol. The molecule has 0 saturated carbocycles. The second-order valence-electron chi connectivity index (χ2n) is 4.77. The van der Waals surface area contributed by atoms with E-state index in [2.05, 4.69) is 17.3 Å². The summed E-state index contributed by atoms with van der Waals surface area (Å²) in [6.07, 6.45) is 0.282. The lowest BCUT2D eigenvalue weighted by molar-refractivity contribution is 0.00848. The van der Waals surface area contributed by atoms with Crippen LogP contribution in [0.2, 0.25) is 5.02 Å². The third kappa shape index (κ3) is 5.37. The minimum absolute atomic E-state index is 0.282. The first-order chi connectivity index (χ1) is 9.24. The van der Waals surface area contributed by atoms with Crippen LogP contribution in [0.1, 0.15) is 0 Å². The van der Waals surface area contributed by atoms with Gasteiger partial charge in [0.2, 0.25) is 0 Å². The molecule has 1 aliphatic heterocycles. The SMILES string of the molecule is CN(CCOc1cccc(Cl)c1)CC1CNCCO1. The summed E-state index contributed by atoms with van der Waals surface area (Å²) < 4.78 is 11.3. The van der Waals surface area contributed by atoms with E-state index in [4.69, 9.17) is 21.1 Å². The van der Waals surface area contributed by atoms with Crippen LogP contribution in [0.15, 0.2) is 24.3 Å². The number of nitrogens with zero attached hydrogens (tertiary/aromatic N) is 1. The number of ether oxygens (including phenoxy) is 2. The Morgan fingerprint density at radius 1 is 1.53 bits per heavy atom. The van der Waals surface area contributed by atoms with Crippen LogP contribution >= 0.6 is 11.6 Å². The van der Waals surface area contributed by atoms with Crippen LogP contribution in [-0.2, 0) is 4.74 Å². The lowest BCUT2D eigenvalue weighted by atomic mass is 10.3. The van der Waals surface area contributed by atoms with Gasteiger partial charge in [0, 0.05) is 31.2 Å². The standard InChI is InChI=1S/C14H21ClN2O2/c1-17(11-14-10-16-5-7-18-14)6-8-19-13-4-2-3-12(15)9-13/h2-4,9,14,16H,5-8,10-11H2,1H3. The highest BCUT2D eigenvalue weighted by Crippen LogP contribution is 2.16. The molecule has 19 heavy (non-hydrogen) atoms. The van der Waals surface area contributed by atoms with E-state index in [-0.39, 0.29) is 6.10 Å². The first kappa shape index (κ1) is 14.6. The van der Waals surface area contributed by atoms with E-state index in [1.165, 1.54) is 0 Å². The fourth-order valence-electron chi connectivity index (χ4n) is 2.05. The van der Waals surface area contributed by atoms with Crippen LogP contribution in [0.25, 0.3) is 0 Å². The quantitative estimate of drug-likeness (QED) is 0.861. The minimum Gasteiger partial charge on any atom is -0.492 e. The fraction of sp³-hybridized carbons (Fsp3) is 0.571. The highest BCUT2D eigenvalue weighted by molar-refractivity contribution is 6.30. The van der Waals surface area contributed by atoms with Crippen LogP contribution in [-0.4, -0.2) is 57.4 Å². The fourth-order valence-corrected chi connectivity index (χ4v) is 2.23. The van der Waals surface area contributed by atoms with Crippen molar-refractivity contribution in [2.24, 2.45) is 0 Å². The summed E-state index contributed by atoms with van der Waals surface area (Å²) in [6, 6.07) is 7.48. The molecule has 1 N–H and O–H groups in total. The highest BCUT2D eigenvalue weighted by Gasteiger charge is 2.15. The predicted octanol–water partition coefficient (Wildman–Crippen LogP) is 1.64. The van der Waals surface area contributed by atoms with Gasteiger partial charge in [-0.15, -0.1) is 0 Å². The number of halogens is 1. The maximum atomic E-state index is 5.90. The maximum absolute atomic E-state index is 5.90. The number of likely N-dealkylation sites (N-methyl/N-ethyl adjacent to an activating group) is 1. The van der Waals surface area contributed by atoms with E-state index in [0.29, 0.717) is 11.6 Å². The van der Waals surface area contributed by atoms with Crippen LogP contribution in [0.5, 0.6) is 5.75 Å². The van der Waals surface area contributed by atoms with Crippen LogP contribution in [0.4, 0.5) is 0 Å². The van der Waals surface area contributed by atoms with Crippen molar-refractivity contribution in [2.45, 2.75) is 6.10 Å². The molecule has 0 bridgehead atoms. The lowest BCUT2D eigenvalue weighted by Crippen LogP contribution is -2.45. The predicted molar refractivity (Wildman–Crippen MR) is 77.1 cm³/mol. The van der Waals surface area contributed by atoms with Gasteiger partial charge in [0.05, 0.1) is 12.7 Å². The summed E-state index contributed by atoms with van der Waals surface area (Å²) in [7, 11) is 2.08. The van der Waals surface area contributed by atoms with E-state index in [1.807, 2.05) is 24.3 Å². The Balaban J connectivity index is 1.64. The smallest absolute Gasteiger partial charge is 0.120 e. The second kappa shape index (κ2) is 7.70. The molecular formula is C14H21ClN2O2. The average Bonchev–Trinajstić information content (AvgIpc) is 2.40. The van der Waals surface area contributed by atoms with Crippen molar-refractivity contribution < 1.29 is 9.47 Å². The Kier molecular flexibility index (Phi) is 5.92. The number of hydrogen-bond donors (Lipinski definition) is 1. The largest absolute Gasteiger partial charge is 0.492 e. The normalized spacial score (nSPS) is 19.6. The molecule has 1 aromatic carbocycles. The van der Waals surface area contributed by atoms with Crippen molar-refractivity contribution in [3.05, 3.63) is 29.3 Å². The van der Waals surface area contributed by atoms with Gasteiger partial charge in [-0.25, -0.2) is 0 Å². The van der Waals surface area contributed by atoms with Gasteiger partial charge in [-0.3, -0.25) is 0 Å². The van der Waals surface area contributed by atoms with Gasteiger partial charge in [0.25, 0.3) is 0 Å². The number of benzene rings is 1. The van der Waals surface area contributed by atoms with E-state index in [9.17, 15) is 0 Å². The molecule has 4 nitrogen and oxygen atoms in total. The molecule has 2 rings (SSSR count). The van der Waals surface area contributed by atoms with Crippen molar-refractivity contribution >= 4 is 11.6 Å². The Labute approximate surface area is 119 Å². The van der Waals surface area contributed by atoms with Crippen molar-refractivity contribution in [2.75, 3.05) is 46.4 Å². The summed E-state index contributed by atoms with van der Waals surface area (Å²) >= 11 is 5.90. The van der Waals surface area contributed by atoms with E-state index in [0.717, 1.165) is 38.5 Å². The first-order valence-electron chi connectivity index (χ1n) is 6.63. The molecule has 1 atom stereocenters. The van der Waals surface area contributed by atoms with Gasteiger partial charge in [-0.2, -0.15) is 0 Å². The van der Waals surface area contributed by atoms with Gasteiger partial charge in [0.1, 0.15) is 12.4 Å². The van der Waals surface area contributed by atoms with Gasteiger partial charge in [-0.1, -0.05) is 17.7 Å². The van der Waals surface area contributed by atoms with Gasteiger partial charge >= 0.3 is 0 Å². The number of morpholine rings is 1. The van der Waals surface area contributed by atoms with Crippen LogP contribution < -0.4 is 10.1 Å². The molecule has 0 aliphatic carbocycles. The molecule has 1 aliphatic rings. The summed E-state index contributed by atoms with van der Waals surface area (Å²) in [4.78, 5) is 2.22. The number of nitrogens with one attached hydrogen (secondary N) is 1. The summed E-state index contributed by atoms with van der Waals surface area (Å²) in [5.74, 6) is 0.816. The van der Waals surface area contributed by atoms with Gasteiger partial charge in [-0.05, 0) is 25.2 Å². The molecule has 1 aromatic rings. The van der Waals surface area contributed by atoms with Crippen molar-refractivity contribution in [3.63, 3.8) is 0 Å². The third-order valence-electron chi connectivity index (χ3n) is 3.06. The summed E-state index contributed by atoms with van der Waals surface area (Å²) in [6.45, 7) is 5.13. The molecule has 0 amide bonds. The second-order valence-corrected chi connectivity index (χ2v) is 5.20. The molecule has 1 unspecified atom stereocenters. The van der Waals surface area contributed by atoms with Crippen molar-refractivity contribution in [3.8, 4) is 5.75 Å². The molecule has 5 heteroatoms. The molecule has 106 valence electrons.